The molecule has 2 aromatic carbocycles. The normalized spacial score (nSPS) is 16.2. The molecule has 3 rings (SSSR count). The van der Waals surface area contributed by atoms with Crippen molar-refractivity contribution in [3.8, 4) is 5.75 Å². The smallest absolute Gasteiger partial charge is 0.238 e. The molecule has 1 aliphatic rings. The Kier molecular flexibility index (Phi) is 4.63. The SMILES string of the molecule is COc1cccc(NC(=O)CN(C)[C@H]2CCc3ccccc32)c1. The number of ether oxygens (including phenoxy) is 1. The summed E-state index contributed by atoms with van der Waals surface area (Å²) in [5, 5.41) is 2.93. The lowest BCUT2D eigenvalue weighted by Gasteiger charge is -2.24. The molecule has 0 spiro atoms. The molecule has 4 nitrogen and oxygen atoms in total. The van der Waals surface area contributed by atoms with Crippen molar-refractivity contribution < 1.29 is 9.53 Å². The van der Waals surface area contributed by atoms with Gasteiger partial charge in [-0.2, -0.15) is 0 Å². The van der Waals surface area contributed by atoms with Gasteiger partial charge in [-0.05, 0) is 43.1 Å². The number of hydrogen-bond donors (Lipinski definition) is 1. The fourth-order valence-corrected chi connectivity index (χ4v) is 3.23. The van der Waals surface area contributed by atoms with Crippen LogP contribution in [0.5, 0.6) is 5.75 Å². The summed E-state index contributed by atoms with van der Waals surface area (Å²) in [6.07, 6.45) is 2.16. The molecule has 0 aromatic heterocycles. The molecule has 0 aliphatic heterocycles. The van der Waals surface area contributed by atoms with Crippen LogP contribution in [0.25, 0.3) is 0 Å². The van der Waals surface area contributed by atoms with E-state index in [1.807, 2.05) is 31.3 Å². The third kappa shape index (κ3) is 3.54. The minimum atomic E-state index is -0.00914. The van der Waals surface area contributed by atoms with E-state index in [9.17, 15) is 4.79 Å². The first-order valence-electron chi connectivity index (χ1n) is 7.89. The number of methoxy groups -OCH3 is 1. The van der Waals surface area contributed by atoms with Gasteiger partial charge in [0.25, 0.3) is 0 Å². The van der Waals surface area contributed by atoms with E-state index in [0.717, 1.165) is 24.3 Å². The minimum absolute atomic E-state index is 0.00914. The molecule has 1 atom stereocenters. The molecule has 0 unspecified atom stereocenters. The van der Waals surface area contributed by atoms with Crippen LogP contribution in [0.1, 0.15) is 23.6 Å². The van der Waals surface area contributed by atoms with Gasteiger partial charge < -0.3 is 10.1 Å². The first kappa shape index (κ1) is 15.6. The van der Waals surface area contributed by atoms with Crippen molar-refractivity contribution in [3.63, 3.8) is 0 Å². The Balaban J connectivity index is 1.62. The van der Waals surface area contributed by atoms with Crippen molar-refractivity contribution in [2.24, 2.45) is 0 Å². The van der Waals surface area contributed by atoms with Gasteiger partial charge in [0.2, 0.25) is 5.91 Å². The van der Waals surface area contributed by atoms with E-state index < -0.39 is 0 Å². The molecule has 0 saturated carbocycles. The summed E-state index contributed by atoms with van der Waals surface area (Å²) in [5.74, 6) is 0.728. The summed E-state index contributed by atoms with van der Waals surface area (Å²) < 4.78 is 5.18. The number of aryl methyl sites for hydroxylation is 1. The fraction of sp³-hybridized carbons (Fsp3) is 0.316. The minimum Gasteiger partial charge on any atom is -0.497 e. The topological polar surface area (TPSA) is 41.6 Å². The largest absolute Gasteiger partial charge is 0.497 e. The number of likely N-dealkylation sites (N-methyl/N-ethyl adjacent to an activating group) is 1. The molecule has 0 heterocycles. The van der Waals surface area contributed by atoms with Crippen LogP contribution in [0, 0.1) is 0 Å². The van der Waals surface area contributed by atoms with Gasteiger partial charge in [-0.3, -0.25) is 9.69 Å². The van der Waals surface area contributed by atoms with Crippen molar-refractivity contribution in [2.75, 3.05) is 26.0 Å². The van der Waals surface area contributed by atoms with Crippen molar-refractivity contribution in [3.05, 3.63) is 59.7 Å². The Labute approximate surface area is 137 Å². The number of nitrogens with one attached hydrogen (secondary N) is 1. The molecule has 1 amide bonds. The van der Waals surface area contributed by atoms with Crippen LogP contribution in [-0.2, 0) is 11.2 Å². The predicted octanol–water partition coefficient (Wildman–Crippen LogP) is 3.25. The van der Waals surface area contributed by atoms with Crippen LogP contribution in [-0.4, -0.2) is 31.5 Å². The average Bonchev–Trinajstić information content (AvgIpc) is 2.99. The number of hydrogen-bond acceptors (Lipinski definition) is 3. The second kappa shape index (κ2) is 6.84. The Morgan fingerprint density at radius 2 is 2.09 bits per heavy atom. The van der Waals surface area contributed by atoms with Gasteiger partial charge >= 0.3 is 0 Å². The van der Waals surface area contributed by atoms with Gasteiger partial charge in [0.15, 0.2) is 0 Å². The summed E-state index contributed by atoms with van der Waals surface area (Å²) >= 11 is 0. The maximum absolute atomic E-state index is 12.3. The second-order valence-electron chi connectivity index (χ2n) is 5.95. The molecule has 120 valence electrons. The van der Waals surface area contributed by atoms with Crippen LogP contribution in [0.15, 0.2) is 48.5 Å². The van der Waals surface area contributed by atoms with E-state index >= 15 is 0 Å². The zero-order valence-electron chi connectivity index (χ0n) is 13.6. The van der Waals surface area contributed by atoms with Crippen molar-refractivity contribution in [1.82, 2.24) is 4.90 Å². The van der Waals surface area contributed by atoms with E-state index in [0.29, 0.717) is 12.6 Å². The molecule has 23 heavy (non-hydrogen) atoms. The summed E-state index contributed by atoms with van der Waals surface area (Å²) in [5.41, 5.74) is 3.51. The lowest BCUT2D eigenvalue weighted by atomic mass is 10.1. The number of carbonyl (C=O) groups is 1. The van der Waals surface area contributed by atoms with E-state index in [1.165, 1.54) is 11.1 Å². The molecule has 0 saturated heterocycles. The van der Waals surface area contributed by atoms with Crippen LogP contribution in [0.3, 0.4) is 0 Å². The average molecular weight is 310 g/mol. The second-order valence-corrected chi connectivity index (χ2v) is 5.95. The fourth-order valence-electron chi connectivity index (χ4n) is 3.23. The highest BCUT2D eigenvalue weighted by Crippen LogP contribution is 2.34. The lowest BCUT2D eigenvalue weighted by molar-refractivity contribution is -0.117. The number of amides is 1. The molecule has 4 heteroatoms. The standard InChI is InChI=1S/C19H22N2O2/c1-21(18-11-10-14-6-3-4-9-17(14)18)13-19(22)20-15-7-5-8-16(12-15)23-2/h3-9,12,18H,10-11,13H2,1-2H3,(H,20,22)/t18-/m0/s1. The lowest BCUT2D eigenvalue weighted by Crippen LogP contribution is -2.32. The predicted molar refractivity (Wildman–Crippen MR) is 91.8 cm³/mol. The van der Waals surface area contributed by atoms with Gasteiger partial charge in [0, 0.05) is 17.8 Å². The summed E-state index contributed by atoms with van der Waals surface area (Å²) in [6.45, 7) is 0.371. The molecular weight excluding hydrogens is 288 g/mol. The maximum Gasteiger partial charge on any atom is 0.238 e. The number of fused-ring (bicyclic) bond motifs is 1. The Morgan fingerprint density at radius 1 is 1.26 bits per heavy atom. The summed E-state index contributed by atoms with van der Waals surface area (Å²) in [7, 11) is 3.63. The molecule has 2 aromatic rings. The molecule has 0 radical (unpaired) electrons. The number of nitrogens with zero attached hydrogens (tertiary/aromatic N) is 1. The maximum atomic E-state index is 12.3. The number of rotatable bonds is 5. The van der Waals surface area contributed by atoms with Crippen molar-refractivity contribution in [2.45, 2.75) is 18.9 Å². The Hall–Kier alpha value is -2.33. The first-order chi connectivity index (χ1) is 11.2. The van der Waals surface area contributed by atoms with Gasteiger partial charge in [-0.15, -0.1) is 0 Å². The van der Waals surface area contributed by atoms with E-state index in [4.69, 9.17) is 4.74 Å². The van der Waals surface area contributed by atoms with Gasteiger partial charge in [0.05, 0.1) is 13.7 Å². The highest BCUT2D eigenvalue weighted by Gasteiger charge is 2.26. The highest BCUT2D eigenvalue weighted by atomic mass is 16.5. The van der Waals surface area contributed by atoms with Crippen LogP contribution >= 0.6 is 0 Å². The van der Waals surface area contributed by atoms with Gasteiger partial charge in [-0.1, -0.05) is 30.3 Å². The Morgan fingerprint density at radius 3 is 2.91 bits per heavy atom. The van der Waals surface area contributed by atoms with E-state index in [2.05, 4.69) is 34.5 Å². The molecule has 1 aliphatic carbocycles. The number of anilines is 1. The third-order valence-electron chi connectivity index (χ3n) is 4.38. The Bertz CT molecular complexity index is 699. The third-order valence-corrected chi connectivity index (χ3v) is 4.38. The quantitative estimate of drug-likeness (QED) is 0.921. The highest BCUT2D eigenvalue weighted by molar-refractivity contribution is 5.92. The summed E-state index contributed by atoms with van der Waals surface area (Å²) in [6, 6.07) is 16.2. The number of benzene rings is 2. The van der Waals surface area contributed by atoms with Crippen LogP contribution in [0.4, 0.5) is 5.69 Å². The van der Waals surface area contributed by atoms with Crippen LogP contribution < -0.4 is 10.1 Å². The zero-order chi connectivity index (χ0) is 16.2. The van der Waals surface area contributed by atoms with Gasteiger partial charge in [-0.25, -0.2) is 0 Å². The molecule has 0 bridgehead atoms. The van der Waals surface area contributed by atoms with Gasteiger partial charge in [0.1, 0.15) is 5.75 Å². The monoisotopic (exact) mass is 310 g/mol. The van der Waals surface area contributed by atoms with Crippen molar-refractivity contribution in [1.29, 1.82) is 0 Å². The zero-order valence-corrected chi connectivity index (χ0v) is 13.6. The van der Waals surface area contributed by atoms with E-state index in [1.54, 1.807) is 7.11 Å². The van der Waals surface area contributed by atoms with Crippen molar-refractivity contribution >= 4 is 11.6 Å². The molecule has 0 fully saturated rings. The summed E-state index contributed by atoms with van der Waals surface area (Å²) in [4.78, 5) is 14.4. The first-order valence-corrected chi connectivity index (χ1v) is 7.89. The van der Waals surface area contributed by atoms with Crippen LogP contribution in [0.2, 0.25) is 0 Å². The molecule has 1 N–H and O–H groups in total. The number of carbonyl (C=O) groups excluding carboxylic acids is 1. The molecular formula is C19H22N2O2. The van der Waals surface area contributed by atoms with E-state index in [-0.39, 0.29) is 5.91 Å².